The Hall–Kier alpha value is -2.38. The molecule has 0 radical (unpaired) electrons. The summed E-state index contributed by atoms with van der Waals surface area (Å²) < 4.78 is 7.80. The number of benzene rings is 1. The summed E-state index contributed by atoms with van der Waals surface area (Å²) in [6.07, 6.45) is 3.67. The summed E-state index contributed by atoms with van der Waals surface area (Å²) in [5, 5.41) is 16.2. The molecular weight excluding hydrogens is 334 g/mol. The molecule has 1 aromatic carbocycles. The van der Waals surface area contributed by atoms with Crippen LogP contribution in [0.4, 0.5) is 0 Å². The minimum absolute atomic E-state index is 0.140. The van der Waals surface area contributed by atoms with E-state index in [2.05, 4.69) is 35.9 Å². The maximum atomic E-state index is 9.32. The van der Waals surface area contributed by atoms with E-state index in [0.717, 1.165) is 31.1 Å². The number of carboxylic acid groups (broad SMARTS) is 1. The van der Waals surface area contributed by atoms with Crippen molar-refractivity contribution >= 4 is 6.47 Å². The first kappa shape index (κ1) is 21.7. The standard InChI is InChI=1S/C18H27N3O2.CH2O2/c1-15(2)13-23-18-6-4-5-16(9-18)11-21(7-8-22)12-17-10-19-14-20(17)3;2-1-3/h4-6,9-10,14-15,22H,7-8,11-13H2,1-3H3;1H,(H,2,3). The lowest BCUT2D eigenvalue weighted by Gasteiger charge is -2.22. The van der Waals surface area contributed by atoms with E-state index in [1.807, 2.05) is 29.9 Å². The molecule has 1 heterocycles. The first-order valence-corrected chi connectivity index (χ1v) is 8.58. The van der Waals surface area contributed by atoms with Crippen LogP contribution in [0.15, 0.2) is 36.8 Å². The molecule has 2 N–H and O–H groups in total. The molecule has 1 aromatic heterocycles. The van der Waals surface area contributed by atoms with Gasteiger partial charge < -0.3 is 19.5 Å². The highest BCUT2D eigenvalue weighted by molar-refractivity contribution is 5.32. The van der Waals surface area contributed by atoms with Gasteiger partial charge >= 0.3 is 0 Å². The molecule has 0 fully saturated rings. The second-order valence-electron chi connectivity index (χ2n) is 6.39. The number of rotatable bonds is 9. The Balaban J connectivity index is 0.00000105. The Morgan fingerprint density at radius 1 is 1.35 bits per heavy atom. The maximum absolute atomic E-state index is 9.32. The molecule has 0 amide bonds. The summed E-state index contributed by atoms with van der Waals surface area (Å²) in [6, 6.07) is 8.18. The predicted octanol–water partition coefficient (Wildman–Crippen LogP) is 2.15. The third-order valence-electron chi connectivity index (χ3n) is 3.61. The minimum Gasteiger partial charge on any atom is -0.493 e. The molecule has 26 heavy (non-hydrogen) atoms. The van der Waals surface area contributed by atoms with Gasteiger partial charge in [-0.1, -0.05) is 26.0 Å². The van der Waals surface area contributed by atoms with Gasteiger partial charge in [-0.05, 0) is 23.6 Å². The van der Waals surface area contributed by atoms with Gasteiger partial charge in [0.25, 0.3) is 6.47 Å². The van der Waals surface area contributed by atoms with Crippen LogP contribution < -0.4 is 4.74 Å². The average molecular weight is 363 g/mol. The Bertz CT molecular complexity index is 643. The van der Waals surface area contributed by atoms with Gasteiger partial charge in [0.1, 0.15) is 5.75 Å². The second-order valence-corrected chi connectivity index (χ2v) is 6.39. The third-order valence-corrected chi connectivity index (χ3v) is 3.61. The number of aromatic nitrogens is 2. The van der Waals surface area contributed by atoms with E-state index >= 15 is 0 Å². The molecule has 0 saturated heterocycles. The molecule has 0 unspecified atom stereocenters. The number of ether oxygens (including phenoxy) is 1. The molecule has 0 aliphatic rings. The smallest absolute Gasteiger partial charge is 0.290 e. The summed E-state index contributed by atoms with van der Waals surface area (Å²) in [5.74, 6) is 1.41. The third kappa shape index (κ3) is 8.13. The number of imidazole rings is 1. The predicted molar refractivity (Wildman–Crippen MR) is 99.9 cm³/mol. The molecule has 2 aromatic rings. The van der Waals surface area contributed by atoms with Crippen molar-refractivity contribution in [1.29, 1.82) is 0 Å². The largest absolute Gasteiger partial charge is 0.493 e. The Morgan fingerprint density at radius 2 is 2.08 bits per heavy atom. The van der Waals surface area contributed by atoms with Crippen molar-refractivity contribution in [2.75, 3.05) is 19.8 Å². The highest BCUT2D eigenvalue weighted by Gasteiger charge is 2.10. The Kier molecular flexibility index (Phi) is 10.0. The molecule has 7 heteroatoms. The zero-order valence-electron chi connectivity index (χ0n) is 15.7. The zero-order valence-corrected chi connectivity index (χ0v) is 15.7. The summed E-state index contributed by atoms with van der Waals surface area (Å²) in [4.78, 5) is 14.7. The number of hydrogen-bond acceptors (Lipinski definition) is 5. The van der Waals surface area contributed by atoms with Crippen LogP contribution in [-0.2, 0) is 24.9 Å². The van der Waals surface area contributed by atoms with Crippen LogP contribution >= 0.6 is 0 Å². The van der Waals surface area contributed by atoms with Gasteiger partial charge in [-0.25, -0.2) is 4.98 Å². The molecule has 0 spiro atoms. The molecule has 0 saturated carbocycles. The highest BCUT2D eigenvalue weighted by atomic mass is 16.5. The molecule has 2 rings (SSSR count). The van der Waals surface area contributed by atoms with Crippen LogP contribution in [0.3, 0.4) is 0 Å². The summed E-state index contributed by atoms with van der Waals surface area (Å²) in [6.45, 7) is 7.04. The molecule has 0 atom stereocenters. The lowest BCUT2D eigenvalue weighted by atomic mass is 10.2. The van der Waals surface area contributed by atoms with E-state index in [1.54, 1.807) is 6.33 Å². The van der Waals surface area contributed by atoms with Crippen molar-refractivity contribution in [2.24, 2.45) is 13.0 Å². The van der Waals surface area contributed by atoms with Gasteiger partial charge in [-0.15, -0.1) is 0 Å². The fourth-order valence-electron chi connectivity index (χ4n) is 2.38. The zero-order chi connectivity index (χ0) is 19.4. The van der Waals surface area contributed by atoms with Crippen molar-refractivity contribution in [2.45, 2.75) is 26.9 Å². The normalized spacial score (nSPS) is 10.5. The van der Waals surface area contributed by atoms with Crippen LogP contribution in [0.1, 0.15) is 25.1 Å². The molecular formula is C19H29N3O4. The maximum Gasteiger partial charge on any atom is 0.290 e. The number of carbonyl (C=O) groups is 1. The van der Waals surface area contributed by atoms with E-state index in [1.165, 1.54) is 5.56 Å². The SMILES string of the molecule is CC(C)COc1cccc(CN(CCO)Cc2cncn2C)c1.O=CO. The van der Waals surface area contributed by atoms with E-state index in [0.29, 0.717) is 12.5 Å². The monoisotopic (exact) mass is 363 g/mol. The number of aliphatic hydroxyl groups is 1. The lowest BCUT2D eigenvalue weighted by molar-refractivity contribution is -0.122. The summed E-state index contributed by atoms with van der Waals surface area (Å²) >= 11 is 0. The van der Waals surface area contributed by atoms with Crippen LogP contribution in [0.2, 0.25) is 0 Å². The van der Waals surface area contributed by atoms with Gasteiger partial charge in [-0.2, -0.15) is 0 Å². The van der Waals surface area contributed by atoms with Crippen molar-refractivity contribution in [1.82, 2.24) is 14.5 Å². The Morgan fingerprint density at radius 3 is 2.65 bits per heavy atom. The summed E-state index contributed by atoms with van der Waals surface area (Å²) in [7, 11) is 1.99. The van der Waals surface area contributed by atoms with Crippen LogP contribution in [0, 0.1) is 5.92 Å². The van der Waals surface area contributed by atoms with E-state index in [9.17, 15) is 5.11 Å². The Labute approximate surface area is 154 Å². The van der Waals surface area contributed by atoms with E-state index in [4.69, 9.17) is 14.6 Å². The number of aryl methyl sites for hydroxylation is 1. The van der Waals surface area contributed by atoms with Gasteiger partial charge in [0, 0.05) is 32.9 Å². The van der Waals surface area contributed by atoms with Crippen LogP contribution in [0.5, 0.6) is 5.75 Å². The van der Waals surface area contributed by atoms with Gasteiger partial charge in [0.2, 0.25) is 0 Å². The molecule has 7 nitrogen and oxygen atoms in total. The van der Waals surface area contributed by atoms with Gasteiger partial charge in [-0.3, -0.25) is 9.69 Å². The van der Waals surface area contributed by atoms with Crippen LogP contribution in [-0.4, -0.2) is 50.9 Å². The topological polar surface area (TPSA) is 87.8 Å². The minimum atomic E-state index is -0.250. The molecule has 0 aliphatic carbocycles. The van der Waals surface area contributed by atoms with Crippen molar-refractivity contribution in [3.8, 4) is 5.75 Å². The average Bonchev–Trinajstić information content (AvgIpc) is 2.99. The van der Waals surface area contributed by atoms with E-state index < -0.39 is 0 Å². The summed E-state index contributed by atoms with van der Waals surface area (Å²) in [5.41, 5.74) is 2.31. The molecule has 0 aliphatic heterocycles. The molecule has 144 valence electrons. The first-order valence-electron chi connectivity index (χ1n) is 8.58. The second kappa shape index (κ2) is 12.1. The van der Waals surface area contributed by atoms with E-state index in [-0.39, 0.29) is 13.1 Å². The fraction of sp³-hybridized carbons (Fsp3) is 0.474. The number of aliphatic hydroxyl groups excluding tert-OH is 1. The highest BCUT2D eigenvalue weighted by Crippen LogP contribution is 2.17. The van der Waals surface area contributed by atoms with Crippen molar-refractivity contribution < 1.29 is 19.7 Å². The first-order chi connectivity index (χ1) is 12.5. The van der Waals surface area contributed by atoms with Crippen molar-refractivity contribution in [3.05, 3.63) is 48.0 Å². The van der Waals surface area contributed by atoms with Crippen molar-refractivity contribution in [3.63, 3.8) is 0 Å². The van der Waals surface area contributed by atoms with Crippen LogP contribution in [0.25, 0.3) is 0 Å². The quantitative estimate of drug-likeness (QED) is 0.664. The number of hydrogen-bond donors (Lipinski definition) is 2. The van der Waals surface area contributed by atoms with Gasteiger partial charge in [0.15, 0.2) is 0 Å². The molecule has 0 bridgehead atoms. The number of nitrogens with zero attached hydrogens (tertiary/aromatic N) is 3. The lowest BCUT2D eigenvalue weighted by Crippen LogP contribution is -2.27. The van der Waals surface area contributed by atoms with Gasteiger partial charge in [0.05, 0.1) is 25.2 Å². The fourth-order valence-corrected chi connectivity index (χ4v) is 2.38.